The van der Waals surface area contributed by atoms with Gasteiger partial charge in [-0.25, -0.2) is 9.59 Å². The van der Waals surface area contributed by atoms with Gasteiger partial charge in [0.2, 0.25) is 0 Å². The molecular weight excluding hydrogens is 382 g/mol. The second kappa shape index (κ2) is 10.9. The van der Waals surface area contributed by atoms with Crippen molar-refractivity contribution < 1.29 is 24.2 Å². The summed E-state index contributed by atoms with van der Waals surface area (Å²) in [5, 5.41) is 10.2. The van der Waals surface area contributed by atoms with Crippen molar-refractivity contribution >= 4 is 18.0 Å². The first kappa shape index (κ1) is 22.0. The summed E-state index contributed by atoms with van der Waals surface area (Å²) in [4.78, 5) is 28.6. The molecule has 0 saturated heterocycles. The van der Waals surface area contributed by atoms with Crippen molar-refractivity contribution in [1.82, 2.24) is 4.98 Å². The summed E-state index contributed by atoms with van der Waals surface area (Å²) in [6.45, 7) is 1.88. The quantitative estimate of drug-likeness (QED) is 0.464. The first-order chi connectivity index (χ1) is 14.5. The predicted octanol–water partition coefficient (Wildman–Crippen LogP) is 3.62. The number of aliphatic hydroxyl groups is 1. The molecule has 1 N–H and O–H groups in total. The number of aliphatic hydroxyl groups excluding tert-OH is 1. The molecule has 1 fully saturated rings. The molecule has 0 aromatic carbocycles. The number of ether oxygens (including phenoxy) is 2. The van der Waals surface area contributed by atoms with Crippen LogP contribution in [0, 0.1) is 11.8 Å². The van der Waals surface area contributed by atoms with Crippen molar-refractivity contribution in [3.63, 3.8) is 0 Å². The molecule has 2 aliphatic rings. The molecule has 0 radical (unpaired) electrons. The number of carbonyl (C=O) groups is 2. The maximum absolute atomic E-state index is 12.5. The van der Waals surface area contributed by atoms with Crippen LogP contribution in [0.5, 0.6) is 0 Å². The van der Waals surface area contributed by atoms with E-state index in [9.17, 15) is 14.7 Å². The SMILES string of the molecule is C[C@H]1CCC/C=C/[C@@H]2C[C@H](O)C[C@H]2[C@H](OC(=O)/C=C/c2cccnc2)/C=C/C(=O)O1. The van der Waals surface area contributed by atoms with Gasteiger partial charge in [-0.2, -0.15) is 0 Å². The lowest BCUT2D eigenvalue weighted by molar-refractivity contribution is -0.145. The van der Waals surface area contributed by atoms with Gasteiger partial charge in [0.05, 0.1) is 12.2 Å². The Morgan fingerprint density at radius 2 is 2.20 bits per heavy atom. The van der Waals surface area contributed by atoms with Gasteiger partial charge in [0.15, 0.2) is 0 Å². The summed E-state index contributed by atoms with van der Waals surface area (Å²) in [6.07, 6.45) is 15.9. The van der Waals surface area contributed by atoms with Gasteiger partial charge in [0.25, 0.3) is 0 Å². The minimum Gasteiger partial charge on any atom is -0.460 e. The number of rotatable bonds is 3. The zero-order chi connectivity index (χ0) is 21.3. The van der Waals surface area contributed by atoms with Gasteiger partial charge in [-0.1, -0.05) is 18.2 Å². The summed E-state index contributed by atoms with van der Waals surface area (Å²) >= 11 is 0. The lowest BCUT2D eigenvalue weighted by Crippen LogP contribution is -2.27. The van der Waals surface area contributed by atoms with Gasteiger partial charge in [-0.05, 0) is 68.7 Å². The molecule has 1 aliphatic heterocycles. The molecule has 160 valence electrons. The molecule has 2 heterocycles. The minimum absolute atomic E-state index is 0.0824. The van der Waals surface area contributed by atoms with Crippen LogP contribution in [0.15, 0.2) is 54.9 Å². The Balaban J connectivity index is 1.77. The van der Waals surface area contributed by atoms with Crippen LogP contribution in [0.1, 0.15) is 44.6 Å². The van der Waals surface area contributed by atoms with Crippen LogP contribution in [0.2, 0.25) is 0 Å². The van der Waals surface area contributed by atoms with E-state index in [0.29, 0.717) is 12.8 Å². The third-order valence-corrected chi connectivity index (χ3v) is 5.51. The first-order valence-corrected chi connectivity index (χ1v) is 10.5. The lowest BCUT2D eigenvalue weighted by Gasteiger charge is -2.24. The number of hydrogen-bond acceptors (Lipinski definition) is 6. The Labute approximate surface area is 177 Å². The highest BCUT2D eigenvalue weighted by Crippen LogP contribution is 2.37. The van der Waals surface area contributed by atoms with Crippen LogP contribution < -0.4 is 0 Å². The summed E-state index contributed by atoms with van der Waals surface area (Å²) < 4.78 is 11.1. The number of fused-ring (bicyclic) bond motifs is 1. The zero-order valence-electron chi connectivity index (χ0n) is 17.2. The van der Waals surface area contributed by atoms with Crippen molar-refractivity contribution in [3.05, 3.63) is 60.5 Å². The molecule has 1 saturated carbocycles. The van der Waals surface area contributed by atoms with Crippen LogP contribution in [-0.2, 0) is 19.1 Å². The van der Waals surface area contributed by atoms with Crippen molar-refractivity contribution in [2.75, 3.05) is 0 Å². The fourth-order valence-electron chi connectivity index (χ4n) is 4.02. The predicted molar refractivity (Wildman–Crippen MR) is 113 cm³/mol. The minimum atomic E-state index is -0.633. The van der Waals surface area contributed by atoms with E-state index < -0.39 is 24.1 Å². The van der Waals surface area contributed by atoms with E-state index in [1.165, 1.54) is 12.2 Å². The zero-order valence-corrected chi connectivity index (χ0v) is 17.2. The number of nitrogens with zero attached hydrogens (tertiary/aromatic N) is 1. The molecule has 0 unspecified atom stereocenters. The fraction of sp³-hybridized carbons (Fsp3) is 0.458. The van der Waals surface area contributed by atoms with Crippen molar-refractivity contribution in [3.8, 4) is 0 Å². The molecule has 0 spiro atoms. The van der Waals surface area contributed by atoms with Crippen molar-refractivity contribution in [2.24, 2.45) is 11.8 Å². The number of pyridine rings is 1. The van der Waals surface area contributed by atoms with E-state index in [0.717, 1.165) is 24.8 Å². The van der Waals surface area contributed by atoms with Crippen LogP contribution in [0.4, 0.5) is 0 Å². The first-order valence-electron chi connectivity index (χ1n) is 10.5. The second-order valence-electron chi connectivity index (χ2n) is 7.94. The van der Waals surface area contributed by atoms with E-state index in [1.54, 1.807) is 30.6 Å². The normalized spacial score (nSPS) is 32.2. The summed E-state index contributed by atoms with van der Waals surface area (Å²) in [6, 6.07) is 3.62. The van der Waals surface area contributed by atoms with Crippen LogP contribution in [0.25, 0.3) is 6.08 Å². The molecule has 0 bridgehead atoms. The summed E-state index contributed by atoms with van der Waals surface area (Å²) in [5.41, 5.74) is 0.787. The number of aromatic nitrogens is 1. The highest BCUT2D eigenvalue weighted by atomic mass is 16.5. The molecule has 1 aliphatic carbocycles. The van der Waals surface area contributed by atoms with Gasteiger partial charge >= 0.3 is 11.9 Å². The molecule has 30 heavy (non-hydrogen) atoms. The topological polar surface area (TPSA) is 85.7 Å². The van der Waals surface area contributed by atoms with E-state index in [1.807, 2.05) is 13.0 Å². The van der Waals surface area contributed by atoms with Gasteiger partial charge in [0, 0.05) is 30.5 Å². The third kappa shape index (κ3) is 6.66. The number of carbonyl (C=O) groups excluding carboxylic acids is 2. The van der Waals surface area contributed by atoms with Crippen molar-refractivity contribution in [2.45, 2.75) is 57.3 Å². The number of esters is 2. The molecule has 1 aromatic rings. The molecular formula is C24H29NO5. The molecule has 5 atom stereocenters. The third-order valence-electron chi connectivity index (χ3n) is 5.51. The summed E-state index contributed by atoms with van der Waals surface area (Å²) in [7, 11) is 0. The summed E-state index contributed by atoms with van der Waals surface area (Å²) in [5.74, 6) is -0.978. The average Bonchev–Trinajstić information content (AvgIpc) is 3.10. The number of allylic oxidation sites excluding steroid dienone is 2. The van der Waals surface area contributed by atoms with Crippen molar-refractivity contribution in [1.29, 1.82) is 0 Å². The van der Waals surface area contributed by atoms with Crippen LogP contribution in [-0.4, -0.2) is 40.3 Å². The average molecular weight is 411 g/mol. The maximum Gasteiger partial charge on any atom is 0.331 e. The number of cyclic esters (lactones) is 1. The van der Waals surface area contributed by atoms with Gasteiger partial charge in [-0.15, -0.1) is 0 Å². The van der Waals surface area contributed by atoms with Gasteiger partial charge in [-0.3, -0.25) is 4.98 Å². The highest BCUT2D eigenvalue weighted by Gasteiger charge is 2.38. The largest absolute Gasteiger partial charge is 0.460 e. The maximum atomic E-state index is 12.5. The number of hydrogen-bond donors (Lipinski definition) is 1. The van der Waals surface area contributed by atoms with E-state index in [4.69, 9.17) is 9.47 Å². The Morgan fingerprint density at radius 1 is 1.33 bits per heavy atom. The monoisotopic (exact) mass is 411 g/mol. The molecule has 6 nitrogen and oxygen atoms in total. The molecule has 1 aromatic heterocycles. The van der Waals surface area contributed by atoms with Gasteiger partial charge in [0.1, 0.15) is 6.10 Å². The Hall–Kier alpha value is -2.73. The Morgan fingerprint density at radius 3 is 3.00 bits per heavy atom. The Kier molecular flexibility index (Phi) is 7.97. The second-order valence-corrected chi connectivity index (χ2v) is 7.94. The highest BCUT2D eigenvalue weighted by molar-refractivity contribution is 5.87. The standard InChI is InChI=1S/C24H29NO5/c1-17-6-3-2-4-8-19-14-20(26)15-21(19)22(10-12-23(27)29-17)30-24(28)11-9-18-7-5-13-25-16-18/h4-5,7-13,16-17,19-22,26H,2-3,6,14-15H2,1H3/b8-4+,11-9+,12-10+/t17-,19+,20-,21+,22+/m0/s1. The molecule has 6 heteroatoms. The smallest absolute Gasteiger partial charge is 0.331 e. The van der Waals surface area contributed by atoms with E-state index in [2.05, 4.69) is 17.1 Å². The fourth-order valence-corrected chi connectivity index (χ4v) is 4.02. The molecule has 3 rings (SSSR count). The Bertz CT molecular complexity index is 801. The van der Waals surface area contributed by atoms with Crippen LogP contribution >= 0.6 is 0 Å². The van der Waals surface area contributed by atoms with Gasteiger partial charge < -0.3 is 14.6 Å². The lowest BCUT2D eigenvalue weighted by atomic mass is 9.89. The molecule has 0 amide bonds. The van der Waals surface area contributed by atoms with Crippen LogP contribution in [0.3, 0.4) is 0 Å². The van der Waals surface area contributed by atoms with E-state index >= 15 is 0 Å². The van der Waals surface area contributed by atoms with E-state index in [-0.39, 0.29) is 17.9 Å².